The zero-order valence-corrected chi connectivity index (χ0v) is 8.21. The number of carbonyl (C=O) groups excluding carboxylic acids is 1. The molecule has 0 radical (unpaired) electrons. The first-order chi connectivity index (χ1) is 6.07. The van der Waals surface area contributed by atoms with E-state index in [1.807, 2.05) is 0 Å². The first-order valence-corrected chi connectivity index (χ1v) is 4.31. The van der Waals surface area contributed by atoms with Gasteiger partial charge in [0.25, 0.3) is 0 Å². The molecule has 0 atom stereocenters. The van der Waals surface area contributed by atoms with Gasteiger partial charge >= 0.3 is 0 Å². The number of phenolic OH excluding ortho intramolecular Hbond substituents is 2. The Morgan fingerprint density at radius 3 is 2.62 bits per heavy atom. The highest BCUT2D eigenvalue weighted by atomic mass is 79.9. The van der Waals surface area contributed by atoms with Crippen molar-refractivity contribution in [3.63, 3.8) is 0 Å². The first kappa shape index (κ1) is 10.0. The standard InChI is InChI=1S/C8H8BrNO3/c9-4-1-2-5(11)8(13)7(4)6(12)3-10/h1-2,11,13H,3,10H2. The van der Waals surface area contributed by atoms with Gasteiger partial charge in [-0.3, -0.25) is 4.79 Å². The van der Waals surface area contributed by atoms with Crippen molar-refractivity contribution in [2.45, 2.75) is 0 Å². The summed E-state index contributed by atoms with van der Waals surface area (Å²) in [6, 6.07) is 2.75. The van der Waals surface area contributed by atoms with E-state index >= 15 is 0 Å². The fraction of sp³-hybridized carbons (Fsp3) is 0.125. The number of rotatable bonds is 2. The fourth-order valence-electron chi connectivity index (χ4n) is 0.923. The van der Waals surface area contributed by atoms with E-state index in [1.165, 1.54) is 12.1 Å². The van der Waals surface area contributed by atoms with E-state index in [0.29, 0.717) is 4.47 Å². The lowest BCUT2D eigenvalue weighted by atomic mass is 10.1. The molecule has 0 aromatic heterocycles. The minimum absolute atomic E-state index is 0.0162. The molecule has 0 saturated carbocycles. The molecule has 0 aliphatic carbocycles. The average molecular weight is 246 g/mol. The van der Waals surface area contributed by atoms with Gasteiger partial charge in [-0.25, -0.2) is 0 Å². The van der Waals surface area contributed by atoms with Crippen LogP contribution >= 0.6 is 15.9 Å². The zero-order chi connectivity index (χ0) is 10.0. The molecule has 1 aromatic rings. The molecule has 0 aliphatic rings. The third-order valence-corrected chi connectivity index (χ3v) is 2.23. The van der Waals surface area contributed by atoms with Gasteiger partial charge in [0.05, 0.1) is 12.1 Å². The molecule has 0 amide bonds. The van der Waals surface area contributed by atoms with Crippen molar-refractivity contribution in [2.75, 3.05) is 6.54 Å². The van der Waals surface area contributed by atoms with Crippen molar-refractivity contribution in [1.29, 1.82) is 0 Å². The SMILES string of the molecule is NCC(=O)c1c(Br)ccc(O)c1O. The maximum atomic E-state index is 11.2. The molecule has 0 unspecified atom stereocenters. The summed E-state index contributed by atoms with van der Waals surface area (Å²) >= 11 is 3.08. The Hall–Kier alpha value is -1.07. The predicted molar refractivity (Wildman–Crippen MR) is 50.9 cm³/mol. The van der Waals surface area contributed by atoms with Crippen LogP contribution in [0.15, 0.2) is 16.6 Å². The second kappa shape index (κ2) is 3.76. The lowest BCUT2D eigenvalue weighted by Crippen LogP contribution is -2.14. The Morgan fingerprint density at radius 2 is 2.08 bits per heavy atom. The molecule has 0 aliphatic heterocycles. The van der Waals surface area contributed by atoms with Gasteiger partial charge in [-0.15, -0.1) is 0 Å². The highest BCUT2D eigenvalue weighted by Crippen LogP contribution is 2.34. The van der Waals surface area contributed by atoms with Crippen molar-refractivity contribution in [2.24, 2.45) is 5.73 Å². The van der Waals surface area contributed by atoms with E-state index in [1.54, 1.807) is 0 Å². The molecule has 4 nitrogen and oxygen atoms in total. The number of Topliss-reactive ketones (excluding diaryl/α,β-unsaturated/α-hetero) is 1. The molecule has 5 heteroatoms. The minimum Gasteiger partial charge on any atom is -0.504 e. The highest BCUT2D eigenvalue weighted by Gasteiger charge is 2.16. The lowest BCUT2D eigenvalue weighted by Gasteiger charge is -2.05. The van der Waals surface area contributed by atoms with Gasteiger partial charge in [-0.05, 0) is 28.1 Å². The van der Waals surface area contributed by atoms with E-state index in [-0.39, 0.29) is 17.9 Å². The molecule has 13 heavy (non-hydrogen) atoms. The maximum Gasteiger partial charge on any atom is 0.181 e. The van der Waals surface area contributed by atoms with Gasteiger partial charge in [-0.1, -0.05) is 0 Å². The summed E-state index contributed by atoms with van der Waals surface area (Å²) in [5.74, 6) is -1.20. The monoisotopic (exact) mass is 245 g/mol. The quantitative estimate of drug-likeness (QED) is 0.537. The van der Waals surface area contributed by atoms with Gasteiger partial charge in [0.2, 0.25) is 0 Å². The number of nitrogens with two attached hydrogens (primary N) is 1. The Labute approximate surface area is 83.1 Å². The normalized spacial score (nSPS) is 10.0. The Kier molecular flexibility index (Phi) is 2.90. The third kappa shape index (κ3) is 1.81. The second-order valence-corrected chi connectivity index (χ2v) is 3.27. The summed E-state index contributed by atoms with van der Waals surface area (Å²) in [5.41, 5.74) is 5.14. The van der Waals surface area contributed by atoms with Crippen LogP contribution in [-0.2, 0) is 0 Å². The van der Waals surface area contributed by atoms with Crippen molar-refractivity contribution in [3.05, 3.63) is 22.2 Å². The van der Waals surface area contributed by atoms with Crippen LogP contribution in [0.25, 0.3) is 0 Å². The van der Waals surface area contributed by atoms with Crippen molar-refractivity contribution in [1.82, 2.24) is 0 Å². The number of benzene rings is 1. The smallest absolute Gasteiger partial charge is 0.181 e. The van der Waals surface area contributed by atoms with E-state index in [0.717, 1.165) is 0 Å². The van der Waals surface area contributed by atoms with E-state index < -0.39 is 11.5 Å². The van der Waals surface area contributed by atoms with Gasteiger partial charge in [-0.2, -0.15) is 0 Å². The summed E-state index contributed by atoms with van der Waals surface area (Å²) in [6.07, 6.45) is 0. The number of phenols is 2. The topological polar surface area (TPSA) is 83.6 Å². The van der Waals surface area contributed by atoms with Gasteiger partial charge in [0, 0.05) is 4.47 Å². The molecular weight excluding hydrogens is 238 g/mol. The fourth-order valence-corrected chi connectivity index (χ4v) is 1.46. The highest BCUT2D eigenvalue weighted by molar-refractivity contribution is 9.10. The van der Waals surface area contributed by atoms with Crippen LogP contribution in [0.4, 0.5) is 0 Å². The van der Waals surface area contributed by atoms with Crippen molar-refractivity contribution >= 4 is 21.7 Å². The van der Waals surface area contributed by atoms with Crippen LogP contribution in [-0.4, -0.2) is 22.5 Å². The summed E-state index contributed by atoms with van der Waals surface area (Å²) < 4.78 is 0.415. The van der Waals surface area contributed by atoms with E-state index in [2.05, 4.69) is 15.9 Å². The number of hydrogen-bond donors (Lipinski definition) is 3. The second-order valence-electron chi connectivity index (χ2n) is 2.42. The van der Waals surface area contributed by atoms with Gasteiger partial charge in [0.15, 0.2) is 17.3 Å². The molecule has 0 heterocycles. The molecule has 4 N–H and O–H groups in total. The minimum atomic E-state index is -0.440. The number of hydrogen-bond acceptors (Lipinski definition) is 4. The number of halogens is 1. The number of ketones is 1. The van der Waals surface area contributed by atoms with Crippen LogP contribution in [0, 0.1) is 0 Å². The molecule has 0 saturated heterocycles. The van der Waals surface area contributed by atoms with Gasteiger partial charge in [0.1, 0.15) is 0 Å². The Morgan fingerprint density at radius 1 is 1.46 bits per heavy atom. The van der Waals surface area contributed by atoms with Crippen LogP contribution in [0.3, 0.4) is 0 Å². The largest absolute Gasteiger partial charge is 0.504 e. The van der Waals surface area contributed by atoms with E-state index in [9.17, 15) is 9.90 Å². The molecular formula is C8H8BrNO3. The summed E-state index contributed by atoms with van der Waals surface area (Å²) in [6.45, 7) is -0.213. The van der Waals surface area contributed by atoms with Crippen molar-refractivity contribution < 1.29 is 15.0 Å². The Bertz CT molecular complexity index is 351. The van der Waals surface area contributed by atoms with Crippen LogP contribution in [0.2, 0.25) is 0 Å². The molecule has 0 spiro atoms. The zero-order valence-electron chi connectivity index (χ0n) is 6.62. The van der Waals surface area contributed by atoms with Crippen LogP contribution < -0.4 is 5.73 Å². The van der Waals surface area contributed by atoms with Crippen LogP contribution in [0.5, 0.6) is 11.5 Å². The first-order valence-electron chi connectivity index (χ1n) is 3.51. The number of carbonyl (C=O) groups is 1. The molecule has 1 rings (SSSR count). The average Bonchev–Trinajstić information content (AvgIpc) is 2.12. The summed E-state index contributed by atoms with van der Waals surface area (Å²) in [5, 5.41) is 18.4. The summed E-state index contributed by atoms with van der Waals surface area (Å²) in [7, 11) is 0. The predicted octanol–water partition coefficient (Wildman–Crippen LogP) is 1.00. The molecule has 70 valence electrons. The maximum absolute atomic E-state index is 11.2. The van der Waals surface area contributed by atoms with Crippen molar-refractivity contribution in [3.8, 4) is 11.5 Å². The van der Waals surface area contributed by atoms with E-state index in [4.69, 9.17) is 10.8 Å². The molecule has 0 fully saturated rings. The number of aromatic hydroxyl groups is 2. The van der Waals surface area contributed by atoms with Gasteiger partial charge < -0.3 is 15.9 Å². The lowest BCUT2D eigenvalue weighted by molar-refractivity contribution is 0.0997. The molecule has 1 aromatic carbocycles. The summed E-state index contributed by atoms with van der Waals surface area (Å²) in [4.78, 5) is 11.2. The molecule has 0 bridgehead atoms. The third-order valence-electron chi connectivity index (χ3n) is 1.57. The Balaban J connectivity index is 3.33. The van der Waals surface area contributed by atoms with Crippen LogP contribution in [0.1, 0.15) is 10.4 Å².